The van der Waals surface area contributed by atoms with Gasteiger partial charge in [0.2, 0.25) is 11.4 Å². The Hall–Kier alpha value is -3.58. The summed E-state index contributed by atoms with van der Waals surface area (Å²) in [6, 6.07) is 40.7. The molecule has 164 valence electrons. The van der Waals surface area contributed by atoms with Gasteiger partial charge in [0, 0.05) is 23.8 Å². The molecule has 0 aliphatic carbocycles. The van der Waals surface area contributed by atoms with Crippen LogP contribution in [0.1, 0.15) is 0 Å². The summed E-state index contributed by atoms with van der Waals surface area (Å²) in [6.45, 7) is 0. The Bertz CT molecular complexity index is 1340. The highest BCUT2D eigenvalue weighted by Crippen LogP contribution is 2.26. The number of hydrogen-bond donors (Lipinski definition) is 0. The lowest BCUT2D eigenvalue weighted by molar-refractivity contribution is -2.00. The number of pyridine rings is 1. The van der Waals surface area contributed by atoms with Gasteiger partial charge in [-0.05, 0) is 34.7 Å². The van der Waals surface area contributed by atoms with Crippen LogP contribution < -0.4 is 23.2 Å². The van der Waals surface area contributed by atoms with Crippen LogP contribution >= 0.6 is 0 Å². The topological polar surface area (TPSA) is 96.1 Å². The fourth-order valence-electron chi connectivity index (χ4n) is 3.77. The van der Waals surface area contributed by atoms with Crippen molar-refractivity contribution in [3.05, 3.63) is 121 Å². The third-order valence-electron chi connectivity index (χ3n) is 5.16. The number of hydrogen-bond acceptors (Lipinski definition) is 4. The van der Waals surface area contributed by atoms with E-state index in [2.05, 4.69) is 126 Å². The second-order valence-electron chi connectivity index (χ2n) is 7.28. The van der Waals surface area contributed by atoms with Gasteiger partial charge in [0.25, 0.3) is 0 Å². The zero-order valence-electron chi connectivity index (χ0n) is 17.5. The van der Waals surface area contributed by atoms with Crippen molar-refractivity contribution in [2.45, 2.75) is 0 Å². The molecule has 1 aromatic heterocycles. The summed E-state index contributed by atoms with van der Waals surface area (Å²) in [5, 5.41) is 2.50. The Morgan fingerprint density at radius 1 is 0.515 bits per heavy atom. The van der Waals surface area contributed by atoms with E-state index >= 15 is 0 Å². The van der Waals surface area contributed by atoms with Gasteiger partial charge < -0.3 is 0 Å². The van der Waals surface area contributed by atoms with Crippen LogP contribution in [0.25, 0.3) is 38.8 Å². The highest BCUT2D eigenvalue weighted by Gasteiger charge is 2.19. The van der Waals surface area contributed by atoms with Gasteiger partial charge in [-0.25, -0.2) is 18.6 Å². The summed E-state index contributed by atoms with van der Waals surface area (Å²) in [4.78, 5) is 0. The standard InChI is InChI=1S/C27H20N.ClHO4/c1-3-10-21(11-4-1)24-18-19-28(27(20-24)23-13-5-2-6-14-23)26-17-9-15-22-12-7-8-16-25(22)26;2-1(3,4)5/h1-20H;(H,2,3,4,5)/q+1;/p-1. The molecule has 0 saturated carbocycles. The van der Waals surface area contributed by atoms with Crippen molar-refractivity contribution in [1.82, 2.24) is 0 Å². The van der Waals surface area contributed by atoms with E-state index in [0.717, 1.165) is 0 Å². The van der Waals surface area contributed by atoms with E-state index in [1.54, 1.807) is 0 Å². The molecule has 0 fully saturated rings. The summed E-state index contributed by atoms with van der Waals surface area (Å²) >= 11 is 0. The Morgan fingerprint density at radius 3 is 1.73 bits per heavy atom. The fourth-order valence-corrected chi connectivity index (χ4v) is 3.77. The van der Waals surface area contributed by atoms with Crippen LogP contribution in [0.5, 0.6) is 0 Å². The molecule has 0 unspecified atom stereocenters. The Morgan fingerprint density at radius 2 is 1.06 bits per heavy atom. The first-order valence-corrected chi connectivity index (χ1v) is 11.4. The van der Waals surface area contributed by atoms with Crippen LogP contribution in [0.15, 0.2) is 121 Å². The molecule has 1 heterocycles. The summed E-state index contributed by atoms with van der Waals surface area (Å²) in [7, 11) is -4.94. The van der Waals surface area contributed by atoms with Crippen molar-refractivity contribution < 1.29 is 33.4 Å². The van der Waals surface area contributed by atoms with Crippen LogP contribution in [-0.2, 0) is 0 Å². The monoisotopic (exact) mass is 457 g/mol. The predicted octanol–water partition coefficient (Wildman–Crippen LogP) is 1.69. The molecule has 0 bridgehead atoms. The molecule has 0 atom stereocenters. The average Bonchev–Trinajstić information content (AvgIpc) is 2.83. The molecule has 4 aromatic carbocycles. The van der Waals surface area contributed by atoms with E-state index in [4.69, 9.17) is 18.6 Å². The minimum Gasteiger partial charge on any atom is -0.222 e. The zero-order valence-corrected chi connectivity index (χ0v) is 18.3. The van der Waals surface area contributed by atoms with Gasteiger partial charge in [-0.15, -0.1) is 10.2 Å². The molecule has 0 aliphatic heterocycles. The quantitative estimate of drug-likeness (QED) is 0.385. The molecular weight excluding hydrogens is 438 g/mol. The second-order valence-corrected chi connectivity index (χ2v) is 8.03. The number of halogens is 1. The van der Waals surface area contributed by atoms with Crippen LogP contribution in [0.4, 0.5) is 0 Å². The summed E-state index contributed by atoms with van der Waals surface area (Å²) < 4.78 is 36.3. The van der Waals surface area contributed by atoms with Crippen molar-refractivity contribution in [2.24, 2.45) is 0 Å². The molecular formula is C27H20ClNO4. The second kappa shape index (κ2) is 9.92. The third kappa shape index (κ3) is 5.81. The van der Waals surface area contributed by atoms with Crippen LogP contribution in [0.2, 0.25) is 0 Å². The van der Waals surface area contributed by atoms with Gasteiger partial charge in [-0.2, -0.15) is 4.57 Å². The number of benzene rings is 4. The number of fused-ring (bicyclic) bond motifs is 1. The average molecular weight is 458 g/mol. The molecule has 0 radical (unpaired) electrons. The predicted molar refractivity (Wildman–Crippen MR) is 116 cm³/mol. The van der Waals surface area contributed by atoms with E-state index in [0.29, 0.717) is 0 Å². The van der Waals surface area contributed by atoms with Gasteiger partial charge in [-0.1, -0.05) is 78.9 Å². The van der Waals surface area contributed by atoms with Gasteiger partial charge >= 0.3 is 0 Å². The first kappa shape index (κ1) is 22.6. The molecule has 0 aliphatic rings. The van der Waals surface area contributed by atoms with Crippen LogP contribution in [0, 0.1) is 10.2 Å². The maximum atomic E-state index is 8.49. The lowest BCUT2D eigenvalue weighted by atomic mass is 10.0. The number of aromatic nitrogens is 1. The molecule has 0 amide bonds. The van der Waals surface area contributed by atoms with Crippen molar-refractivity contribution >= 4 is 10.8 Å². The van der Waals surface area contributed by atoms with E-state index in [1.807, 2.05) is 0 Å². The minimum absolute atomic E-state index is 1.18. The fraction of sp³-hybridized carbons (Fsp3) is 0. The van der Waals surface area contributed by atoms with E-state index in [9.17, 15) is 0 Å². The maximum Gasteiger partial charge on any atom is 0.219 e. The lowest BCUT2D eigenvalue weighted by Crippen LogP contribution is -2.68. The summed E-state index contributed by atoms with van der Waals surface area (Å²) in [5.74, 6) is 0. The molecule has 5 rings (SSSR count). The zero-order chi connectivity index (χ0) is 23.3. The third-order valence-corrected chi connectivity index (χ3v) is 5.16. The Kier molecular flexibility index (Phi) is 6.79. The molecule has 0 N–H and O–H groups in total. The van der Waals surface area contributed by atoms with Gasteiger partial charge in [0.15, 0.2) is 6.20 Å². The molecule has 33 heavy (non-hydrogen) atoms. The van der Waals surface area contributed by atoms with Gasteiger partial charge in [0.1, 0.15) is 0 Å². The van der Waals surface area contributed by atoms with E-state index in [-0.39, 0.29) is 0 Å². The first-order chi connectivity index (χ1) is 15.9. The number of rotatable bonds is 3. The van der Waals surface area contributed by atoms with Gasteiger partial charge in [-0.3, -0.25) is 0 Å². The molecule has 0 saturated heterocycles. The summed E-state index contributed by atoms with van der Waals surface area (Å²) in [5.41, 5.74) is 6.02. The molecule has 0 spiro atoms. The highest BCUT2D eigenvalue weighted by atomic mass is 35.7. The molecule has 5 aromatic rings. The van der Waals surface area contributed by atoms with Crippen LogP contribution in [-0.4, -0.2) is 0 Å². The lowest BCUT2D eigenvalue weighted by Gasteiger charge is -2.17. The van der Waals surface area contributed by atoms with Crippen molar-refractivity contribution in [1.29, 1.82) is 0 Å². The van der Waals surface area contributed by atoms with Crippen molar-refractivity contribution in [3.8, 4) is 28.1 Å². The molecule has 5 nitrogen and oxygen atoms in total. The van der Waals surface area contributed by atoms with E-state index in [1.165, 1.54) is 38.8 Å². The molecule has 6 heteroatoms. The smallest absolute Gasteiger partial charge is 0.219 e. The summed E-state index contributed by atoms with van der Waals surface area (Å²) in [6.07, 6.45) is 2.19. The normalized spacial score (nSPS) is 11.0. The Balaban J connectivity index is 0.000000471. The first-order valence-electron chi connectivity index (χ1n) is 10.2. The largest absolute Gasteiger partial charge is 0.222 e. The SMILES string of the molecule is [O-][Cl+3]([O-])([O-])[O-].c1ccc(-c2cc[n+](-c3cccc4ccccc34)c(-c3ccccc3)c2)cc1. The van der Waals surface area contributed by atoms with E-state index < -0.39 is 10.2 Å². The highest BCUT2D eigenvalue weighted by molar-refractivity contribution is 5.88. The Labute approximate surface area is 193 Å². The number of nitrogens with zero attached hydrogens (tertiary/aromatic N) is 1. The van der Waals surface area contributed by atoms with Crippen LogP contribution in [0.3, 0.4) is 0 Å². The maximum absolute atomic E-state index is 8.49. The minimum atomic E-state index is -4.94. The van der Waals surface area contributed by atoms with Gasteiger partial charge in [0.05, 0.1) is 5.39 Å². The van der Waals surface area contributed by atoms with Crippen molar-refractivity contribution in [2.75, 3.05) is 0 Å². The van der Waals surface area contributed by atoms with Crippen molar-refractivity contribution in [3.63, 3.8) is 0 Å².